The van der Waals surface area contributed by atoms with Crippen LogP contribution in [0.25, 0.3) is 0 Å². The molecule has 172 valence electrons. The van der Waals surface area contributed by atoms with Gasteiger partial charge in [-0.15, -0.1) is 0 Å². The minimum absolute atomic E-state index is 0.149. The van der Waals surface area contributed by atoms with Crippen LogP contribution in [0.5, 0.6) is 0 Å². The predicted molar refractivity (Wildman–Crippen MR) is 125 cm³/mol. The Hall–Kier alpha value is -1.60. The van der Waals surface area contributed by atoms with Crippen molar-refractivity contribution in [3.63, 3.8) is 0 Å². The van der Waals surface area contributed by atoms with Crippen molar-refractivity contribution in [1.82, 2.24) is 20.6 Å². The zero-order valence-electron chi connectivity index (χ0n) is 18.5. The summed E-state index contributed by atoms with van der Waals surface area (Å²) in [6.45, 7) is 2.68. The number of carbonyl (C=O) groups is 1. The number of amides is 1. The molecule has 1 aromatic rings. The highest BCUT2D eigenvalue weighted by atomic mass is 35.5. The number of hydrogen-bond donors (Lipinski definition) is 4. The summed E-state index contributed by atoms with van der Waals surface area (Å²) in [6, 6.07) is 2.23. The van der Waals surface area contributed by atoms with Crippen LogP contribution in [0.4, 0.5) is 11.8 Å². The molecule has 0 radical (unpaired) electrons. The second-order valence-corrected chi connectivity index (χ2v) is 10.4. The van der Waals surface area contributed by atoms with Gasteiger partial charge in [-0.3, -0.25) is 4.79 Å². The van der Waals surface area contributed by atoms with Crippen molar-refractivity contribution in [2.45, 2.75) is 76.7 Å². The summed E-state index contributed by atoms with van der Waals surface area (Å²) >= 11 is 5.93. The van der Waals surface area contributed by atoms with Crippen molar-refractivity contribution in [3.05, 3.63) is 11.2 Å². The molecule has 3 aliphatic carbocycles. The molecule has 1 aromatic heterocycles. The summed E-state index contributed by atoms with van der Waals surface area (Å²) in [4.78, 5) is 21.1. The molecule has 1 amide bonds. The maximum atomic E-state index is 12.7. The summed E-state index contributed by atoms with van der Waals surface area (Å²) in [5.41, 5.74) is 6.03. The van der Waals surface area contributed by atoms with Gasteiger partial charge in [-0.25, -0.2) is 4.98 Å². The van der Waals surface area contributed by atoms with E-state index in [4.69, 9.17) is 17.3 Å². The van der Waals surface area contributed by atoms with Crippen molar-refractivity contribution in [2.24, 2.45) is 17.3 Å². The Bertz CT molecular complexity index is 721. The molecule has 3 fully saturated rings. The van der Waals surface area contributed by atoms with Crippen LogP contribution in [0.2, 0.25) is 5.15 Å². The SMILES string of the molecule is Nc1cc(Cl)nc(NCC2CCC(C(=O)NCC3(CNC4CCCCC4)CC3)CC2)n1. The molecular weight excluding hydrogens is 412 g/mol. The molecule has 5 N–H and O–H groups in total. The largest absolute Gasteiger partial charge is 0.383 e. The molecule has 3 saturated carbocycles. The third-order valence-electron chi connectivity index (χ3n) is 7.45. The number of nitrogens with zero attached hydrogens (tertiary/aromatic N) is 2. The third kappa shape index (κ3) is 6.69. The van der Waals surface area contributed by atoms with E-state index in [-0.39, 0.29) is 11.8 Å². The van der Waals surface area contributed by atoms with Gasteiger partial charge in [0.15, 0.2) is 0 Å². The van der Waals surface area contributed by atoms with Gasteiger partial charge in [-0.05, 0) is 57.3 Å². The highest BCUT2D eigenvalue weighted by molar-refractivity contribution is 6.29. The zero-order valence-corrected chi connectivity index (χ0v) is 19.2. The van der Waals surface area contributed by atoms with E-state index in [1.807, 2.05) is 0 Å². The standard InChI is InChI=1S/C23H37ClN6O/c24-19-12-20(25)30-22(29-19)26-13-16-6-8-17(9-7-16)21(31)28-15-23(10-11-23)14-27-18-4-2-1-3-5-18/h12,16-18,27H,1-11,13-15H2,(H,28,31)(H3,25,26,29,30). The van der Waals surface area contributed by atoms with Crippen LogP contribution >= 0.6 is 11.6 Å². The van der Waals surface area contributed by atoms with E-state index in [1.165, 1.54) is 51.0 Å². The van der Waals surface area contributed by atoms with E-state index in [0.717, 1.165) is 45.3 Å². The maximum Gasteiger partial charge on any atom is 0.226 e. The van der Waals surface area contributed by atoms with Crippen LogP contribution in [0.3, 0.4) is 0 Å². The Morgan fingerprint density at radius 2 is 1.81 bits per heavy atom. The predicted octanol–water partition coefficient (Wildman–Crippen LogP) is 3.75. The molecular formula is C23H37ClN6O. The lowest BCUT2D eigenvalue weighted by atomic mass is 9.81. The maximum absolute atomic E-state index is 12.7. The molecule has 0 unspecified atom stereocenters. The number of aromatic nitrogens is 2. The van der Waals surface area contributed by atoms with Crippen LogP contribution in [-0.4, -0.2) is 41.6 Å². The van der Waals surface area contributed by atoms with Crippen LogP contribution in [0.15, 0.2) is 6.07 Å². The number of anilines is 2. The number of nitrogens with two attached hydrogens (primary N) is 1. The second-order valence-electron chi connectivity index (χ2n) is 9.97. The number of hydrogen-bond acceptors (Lipinski definition) is 6. The first kappa shape index (κ1) is 22.6. The van der Waals surface area contributed by atoms with Gasteiger partial charge in [0.25, 0.3) is 0 Å². The van der Waals surface area contributed by atoms with Crippen molar-refractivity contribution in [2.75, 3.05) is 30.7 Å². The quantitative estimate of drug-likeness (QED) is 0.429. The van der Waals surface area contributed by atoms with E-state index in [2.05, 4.69) is 25.9 Å². The monoisotopic (exact) mass is 448 g/mol. The van der Waals surface area contributed by atoms with Gasteiger partial charge >= 0.3 is 0 Å². The lowest BCUT2D eigenvalue weighted by molar-refractivity contribution is -0.126. The Morgan fingerprint density at radius 3 is 2.48 bits per heavy atom. The minimum Gasteiger partial charge on any atom is -0.383 e. The fourth-order valence-corrected chi connectivity index (χ4v) is 5.25. The Labute approximate surface area is 190 Å². The molecule has 3 aliphatic rings. The lowest BCUT2D eigenvalue weighted by Crippen LogP contribution is -2.42. The average Bonchev–Trinajstić information content (AvgIpc) is 3.55. The molecule has 8 heteroatoms. The molecule has 31 heavy (non-hydrogen) atoms. The normalized spacial score (nSPS) is 25.7. The molecule has 0 spiro atoms. The number of nitrogen functional groups attached to an aromatic ring is 1. The van der Waals surface area contributed by atoms with Gasteiger partial charge in [0.2, 0.25) is 11.9 Å². The molecule has 0 aliphatic heterocycles. The molecule has 1 heterocycles. The third-order valence-corrected chi connectivity index (χ3v) is 7.64. The first-order valence-electron chi connectivity index (χ1n) is 12.1. The van der Waals surface area contributed by atoms with Crippen LogP contribution in [0.1, 0.15) is 70.6 Å². The Balaban J connectivity index is 1.13. The summed E-state index contributed by atoms with van der Waals surface area (Å²) in [6.07, 6.45) is 13.2. The van der Waals surface area contributed by atoms with Gasteiger partial charge < -0.3 is 21.7 Å². The molecule has 0 aromatic carbocycles. The molecule has 0 saturated heterocycles. The molecule has 0 bridgehead atoms. The van der Waals surface area contributed by atoms with Gasteiger partial charge in [0, 0.05) is 43.1 Å². The Morgan fingerprint density at radius 1 is 1.06 bits per heavy atom. The number of halogens is 1. The van der Waals surface area contributed by atoms with Gasteiger partial charge in [0.05, 0.1) is 0 Å². The van der Waals surface area contributed by atoms with Crippen LogP contribution in [0, 0.1) is 17.3 Å². The first-order chi connectivity index (χ1) is 15.0. The summed E-state index contributed by atoms with van der Waals surface area (Å²) in [5, 5.41) is 10.7. The highest BCUT2D eigenvalue weighted by Crippen LogP contribution is 2.44. The number of rotatable bonds is 9. The Kier molecular flexibility index (Phi) is 7.54. The van der Waals surface area contributed by atoms with Gasteiger partial charge in [0.1, 0.15) is 11.0 Å². The van der Waals surface area contributed by atoms with E-state index < -0.39 is 0 Å². The van der Waals surface area contributed by atoms with E-state index >= 15 is 0 Å². The van der Waals surface area contributed by atoms with Gasteiger partial charge in [-0.2, -0.15) is 4.98 Å². The molecule has 4 rings (SSSR count). The molecule has 0 atom stereocenters. The number of nitrogens with one attached hydrogen (secondary N) is 3. The topological polar surface area (TPSA) is 105 Å². The summed E-state index contributed by atoms with van der Waals surface area (Å²) < 4.78 is 0. The smallest absolute Gasteiger partial charge is 0.226 e. The number of carbonyl (C=O) groups excluding carboxylic acids is 1. The first-order valence-corrected chi connectivity index (χ1v) is 12.4. The van der Waals surface area contributed by atoms with Crippen molar-refractivity contribution in [1.29, 1.82) is 0 Å². The highest BCUT2D eigenvalue weighted by Gasteiger charge is 2.43. The van der Waals surface area contributed by atoms with Gasteiger partial charge in [-0.1, -0.05) is 30.9 Å². The summed E-state index contributed by atoms with van der Waals surface area (Å²) in [5.74, 6) is 1.76. The van der Waals surface area contributed by atoms with Crippen molar-refractivity contribution < 1.29 is 4.79 Å². The van der Waals surface area contributed by atoms with E-state index in [0.29, 0.717) is 34.3 Å². The lowest BCUT2D eigenvalue weighted by Gasteiger charge is -2.29. The minimum atomic E-state index is 0.149. The van der Waals surface area contributed by atoms with E-state index in [1.54, 1.807) is 0 Å². The van der Waals surface area contributed by atoms with Crippen molar-refractivity contribution >= 4 is 29.3 Å². The zero-order chi connectivity index (χ0) is 21.7. The molecule has 7 nitrogen and oxygen atoms in total. The summed E-state index contributed by atoms with van der Waals surface area (Å²) in [7, 11) is 0. The fraction of sp³-hybridized carbons (Fsp3) is 0.783. The van der Waals surface area contributed by atoms with Crippen LogP contribution in [-0.2, 0) is 4.79 Å². The average molecular weight is 449 g/mol. The fourth-order valence-electron chi connectivity index (χ4n) is 5.06. The second kappa shape index (κ2) is 10.3. The van der Waals surface area contributed by atoms with Crippen LogP contribution < -0.4 is 21.7 Å². The van der Waals surface area contributed by atoms with E-state index in [9.17, 15) is 4.79 Å². The van der Waals surface area contributed by atoms with Crippen molar-refractivity contribution in [3.8, 4) is 0 Å².